The maximum absolute atomic E-state index is 4.04. The lowest BCUT2D eigenvalue weighted by atomic mass is 10.1. The highest BCUT2D eigenvalue weighted by atomic mass is 14.7. The third-order valence-corrected chi connectivity index (χ3v) is 1.35. The van der Waals surface area contributed by atoms with Gasteiger partial charge >= 0.3 is 0 Å². The average molecular weight is 107 g/mol. The molecule has 1 heterocycles. The first-order chi connectivity index (χ1) is 3.80. The Morgan fingerprint density at radius 2 is 2.50 bits per heavy atom. The molecule has 0 spiro atoms. The molecule has 1 heteroatoms. The van der Waals surface area contributed by atoms with Crippen molar-refractivity contribution in [3.05, 3.63) is 17.7 Å². The molecule has 0 N–H and O–H groups in total. The van der Waals surface area contributed by atoms with Crippen LogP contribution in [0.1, 0.15) is 13.8 Å². The summed E-state index contributed by atoms with van der Waals surface area (Å²) in [6, 6.07) is 0.347. The highest BCUT2D eigenvalue weighted by Gasteiger charge is 1.99. The molecule has 0 aromatic heterocycles. The zero-order valence-corrected chi connectivity index (χ0v) is 5.18. The predicted molar refractivity (Wildman–Crippen MR) is 35.2 cm³/mol. The molecule has 0 fully saturated rings. The first-order valence-electron chi connectivity index (χ1n) is 2.76. The first-order valence-corrected chi connectivity index (χ1v) is 2.76. The summed E-state index contributed by atoms with van der Waals surface area (Å²) in [5.74, 6) is 2.79. The molecule has 0 radical (unpaired) electrons. The maximum atomic E-state index is 4.04. The number of hydrogen-bond acceptors (Lipinski definition) is 1. The Balaban J connectivity index is 2.86. The summed E-state index contributed by atoms with van der Waals surface area (Å²) < 4.78 is 0. The van der Waals surface area contributed by atoms with Gasteiger partial charge in [-0.1, -0.05) is 6.08 Å². The minimum atomic E-state index is 0.347. The summed E-state index contributed by atoms with van der Waals surface area (Å²) in [4.78, 5) is 4.04. The van der Waals surface area contributed by atoms with Crippen molar-refractivity contribution in [2.75, 3.05) is 0 Å². The van der Waals surface area contributed by atoms with E-state index in [0.717, 1.165) is 0 Å². The Morgan fingerprint density at radius 1 is 1.75 bits per heavy atom. The van der Waals surface area contributed by atoms with Gasteiger partial charge in [-0.3, -0.25) is 0 Å². The highest BCUT2D eigenvalue weighted by Crippen LogP contribution is 2.05. The van der Waals surface area contributed by atoms with Crippen molar-refractivity contribution in [2.45, 2.75) is 19.9 Å². The van der Waals surface area contributed by atoms with Crippen LogP contribution in [-0.2, 0) is 0 Å². The molecule has 0 bridgehead atoms. The van der Waals surface area contributed by atoms with Crippen molar-refractivity contribution in [1.29, 1.82) is 0 Å². The predicted octanol–water partition coefficient (Wildman–Crippen LogP) is 1.56. The molecule has 0 saturated heterocycles. The molecule has 42 valence electrons. The summed E-state index contributed by atoms with van der Waals surface area (Å²) in [7, 11) is 0. The van der Waals surface area contributed by atoms with E-state index in [4.69, 9.17) is 0 Å². The standard InChI is InChI=1S/C7H9N/c1-6-4-3-5-8-7(6)2/h3-4,7H,1-2H3. The quantitative estimate of drug-likeness (QED) is 0.445. The summed E-state index contributed by atoms with van der Waals surface area (Å²) in [5, 5.41) is 0. The number of aliphatic imine (C=N–C) groups is 1. The molecule has 1 nitrogen and oxygen atoms in total. The van der Waals surface area contributed by atoms with Gasteiger partial charge in [0.15, 0.2) is 0 Å². The number of allylic oxidation sites excluding steroid dienone is 2. The van der Waals surface area contributed by atoms with Crippen LogP contribution < -0.4 is 0 Å². The van der Waals surface area contributed by atoms with E-state index < -0.39 is 0 Å². The zero-order chi connectivity index (χ0) is 5.98. The normalized spacial score (nSPS) is 25.8. The Bertz CT molecular complexity index is 171. The number of hydrogen-bond donors (Lipinski definition) is 0. The van der Waals surface area contributed by atoms with Gasteiger partial charge in [-0.25, -0.2) is 4.99 Å². The summed E-state index contributed by atoms with van der Waals surface area (Å²) in [6.45, 7) is 4.14. The molecule has 0 aromatic carbocycles. The highest BCUT2D eigenvalue weighted by molar-refractivity contribution is 5.58. The Hall–Kier alpha value is -0.810. The van der Waals surface area contributed by atoms with E-state index in [1.165, 1.54) is 5.57 Å². The van der Waals surface area contributed by atoms with Crippen molar-refractivity contribution in [2.24, 2.45) is 4.99 Å². The Labute approximate surface area is 49.4 Å². The van der Waals surface area contributed by atoms with Gasteiger partial charge in [0.1, 0.15) is 0 Å². The van der Waals surface area contributed by atoms with Crippen LogP contribution in [0, 0.1) is 0 Å². The molecule has 8 heavy (non-hydrogen) atoms. The van der Waals surface area contributed by atoms with E-state index in [-0.39, 0.29) is 0 Å². The Kier molecular flexibility index (Phi) is 1.32. The fraction of sp³-hybridized carbons (Fsp3) is 0.429. The van der Waals surface area contributed by atoms with E-state index in [1.807, 2.05) is 12.2 Å². The third kappa shape index (κ3) is 0.877. The lowest BCUT2D eigenvalue weighted by Gasteiger charge is -2.04. The molecular formula is C7H9N. The largest absolute Gasteiger partial charge is 0.236 e. The van der Waals surface area contributed by atoms with Gasteiger partial charge in [0.05, 0.1) is 6.04 Å². The van der Waals surface area contributed by atoms with Crippen molar-refractivity contribution >= 4 is 5.87 Å². The average Bonchev–Trinajstić information content (AvgIpc) is 1.77. The lowest BCUT2D eigenvalue weighted by Crippen LogP contribution is -2.00. The zero-order valence-electron chi connectivity index (χ0n) is 5.18. The van der Waals surface area contributed by atoms with Gasteiger partial charge in [0.25, 0.3) is 0 Å². The van der Waals surface area contributed by atoms with Crippen LogP contribution in [0.4, 0.5) is 0 Å². The van der Waals surface area contributed by atoms with Gasteiger partial charge in [0.2, 0.25) is 0 Å². The second-order valence-corrected chi connectivity index (χ2v) is 2.01. The summed E-state index contributed by atoms with van der Waals surface area (Å²) >= 11 is 0. The van der Waals surface area contributed by atoms with Gasteiger partial charge in [0, 0.05) is 0 Å². The fourth-order valence-electron chi connectivity index (χ4n) is 0.565. The van der Waals surface area contributed by atoms with Gasteiger partial charge in [-0.05, 0) is 31.4 Å². The molecule has 0 amide bonds. The van der Waals surface area contributed by atoms with Gasteiger partial charge in [-0.15, -0.1) is 0 Å². The van der Waals surface area contributed by atoms with Crippen LogP contribution in [0.15, 0.2) is 22.7 Å². The SMILES string of the molecule is CC1=CC=C=NC1C. The van der Waals surface area contributed by atoms with Crippen LogP contribution in [-0.4, -0.2) is 11.9 Å². The molecule has 1 atom stereocenters. The topological polar surface area (TPSA) is 12.4 Å². The number of rotatable bonds is 0. The van der Waals surface area contributed by atoms with E-state index in [9.17, 15) is 0 Å². The van der Waals surface area contributed by atoms with Crippen LogP contribution in [0.5, 0.6) is 0 Å². The fourth-order valence-corrected chi connectivity index (χ4v) is 0.565. The maximum Gasteiger partial charge on any atom is 0.0775 e. The van der Waals surface area contributed by atoms with Gasteiger partial charge in [-0.2, -0.15) is 0 Å². The molecule has 1 rings (SSSR count). The molecule has 0 saturated carbocycles. The minimum Gasteiger partial charge on any atom is -0.236 e. The summed E-state index contributed by atoms with van der Waals surface area (Å²) in [5.41, 5.74) is 1.31. The molecule has 1 aliphatic rings. The molecular weight excluding hydrogens is 98.1 g/mol. The molecule has 1 unspecified atom stereocenters. The van der Waals surface area contributed by atoms with Crippen molar-refractivity contribution in [3.63, 3.8) is 0 Å². The van der Waals surface area contributed by atoms with Crippen molar-refractivity contribution < 1.29 is 0 Å². The number of nitrogens with zero attached hydrogens (tertiary/aromatic N) is 1. The minimum absolute atomic E-state index is 0.347. The van der Waals surface area contributed by atoms with Crippen LogP contribution in [0.3, 0.4) is 0 Å². The molecule has 0 aromatic rings. The second-order valence-electron chi connectivity index (χ2n) is 2.01. The lowest BCUT2D eigenvalue weighted by molar-refractivity contribution is 0.864. The van der Waals surface area contributed by atoms with Crippen molar-refractivity contribution in [3.8, 4) is 0 Å². The van der Waals surface area contributed by atoms with Crippen LogP contribution >= 0.6 is 0 Å². The Morgan fingerprint density at radius 3 is 2.88 bits per heavy atom. The summed E-state index contributed by atoms with van der Waals surface area (Å²) in [6.07, 6.45) is 3.88. The van der Waals surface area contributed by atoms with Crippen molar-refractivity contribution in [1.82, 2.24) is 0 Å². The van der Waals surface area contributed by atoms with E-state index in [0.29, 0.717) is 6.04 Å². The monoisotopic (exact) mass is 107 g/mol. The van der Waals surface area contributed by atoms with E-state index >= 15 is 0 Å². The van der Waals surface area contributed by atoms with E-state index in [1.54, 1.807) is 0 Å². The van der Waals surface area contributed by atoms with Gasteiger partial charge < -0.3 is 0 Å². The van der Waals surface area contributed by atoms with Crippen LogP contribution in [0.2, 0.25) is 0 Å². The second kappa shape index (κ2) is 1.97. The third-order valence-electron chi connectivity index (χ3n) is 1.35. The van der Waals surface area contributed by atoms with E-state index in [2.05, 4.69) is 24.7 Å². The molecule has 1 aliphatic heterocycles. The smallest absolute Gasteiger partial charge is 0.0775 e. The first kappa shape index (κ1) is 5.33. The van der Waals surface area contributed by atoms with Crippen LogP contribution in [0.25, 0.3) is 0 Å². The molecule has 0 aliphatic carbocycles.